The van der Waals surface area contributed by atoms with Crippen LogP contribution in [0.15, 0.2) is 60.7 Å². The van der Waals surface area contributed by atoms with Crippen molar-refractivity contribution in [2.24, 2.45) is 0 Å². The van der Waals surface area contributed by atoms with Gasteiger partial charge in [0.05, 0.1) is 13.2 Å². The van der Waals surface area contributed by atoms with E-state index in [2.05, 4.69) is 46.0 Å². The standard InChI is InChI=1S/C27H38O6Si/c1-27(2,3)34(5,6)33-24-23(29-17-19-13-9-7-10-14-19)22-21(31-26(24)28-4)18-30-25(32-22)20-15-11-8-12-16-20/h7-16,21-26H,17-18H2,1-6H3/t21-,22-,23+,24+,25?,26-/m1/s1. The maximum absolute atomic E-state index is 6.88. The molecule has 1 unspecified atom stereocenters. The van der Waals surface area contributed by atoms with Gasteiger partial charge in [-0.05, 0) is 23.7 Å². The van der Waals surface area contributed by atoms with Gasteiger partial charge in [0.25, 0.3) is 0 Å². The van der Waals surface area contributed by atoms with Gasteiger partial charge in [0.15, 0.2) is 20.9 Å². The summed E-state index contributed by atoms with van der Waals surface area (Å²) in [5.74, 6) is 0. The predicted molar refractivity (Wildman–Crippen MR) is 133 cm³/mol. The predicted octanol–water partition coefficient (Wildman–Crippen LogP) is 5.45. The molecule has 2 aliphatic heterocycles. The van der Waals surface area contributed by atoms with Crippen molar-refractivity contribution in [2.45, 2.75) is 82.5 Å². The molecule has 2 aromatic carbocycles. The maximum Gasteiger partial charge on any atom is 0.192 e. The monoisotopic (exact) mass is 486 g/mol. The second kappa shape index (κ2) is 10.6. The van der Waals surface area contributed by atoms with Gasteiger partial charge in [0.1, 0.15) is 24.4 Å². The molecule has 34 heavy (non-hydrogen) atoms. The van der Waals surface area contributed by atoms with E-state index in [-0.39, 0.29) is 23.4 Å². The summed E-state index contributed by atoms with van der Waals surface area (Å²) in [4.78, 5) is 0. The molecule has 7 heteroatoms. The largest absolute Gasteiger partial charge is 0.406 e. The Morgan fingerprint density at radius 2 is 1.56 bits per heavy atom. The first-order chi connectivity index (χ1) is 16.2. The number of ether oxygens (including phenoxy) is 5. The molecule has 2 aliphatic rings. The molecule has 0 amide bonds. The third-order valence-corrected chi connectivity index (χ3v) is 11.6. The van der Waals surface area contributed by atoms with E-state index in [1.54, 1.807) is 7.11 Å². The molecule has 0 saturated carbocycles. The van der Waals surface area contributed by atoms with Crippen molar-refractivity contribution in [3.05, 3.63) is 71.8 Å². The molecule has 0 aromatic heterocycles. The minimum absolute atomic E-state index is 0.0230. The van der Waals surface area contributed by atoms with Crippen LogP contribution in [0, 0.1) is 0 Å². The van der Waals surface area contributed by atoms with Crippen LogP contribution in [0.1, 0.15) is 38.2 Å². The molecule has 2 aromatic rings. The summed E-state index contributed by atoms with van der Waals surface area (Å²) in [7, 11) is -0.513. The van der Waals surface area contributed by atoms with Crippen LogP contribution in [0.25, 0.3) is 0 Å². The Bertz CT molecular complexity index is 900. The fourth-order valence-electron chi connectivity index (χ4n) is 4.11. The van der Waals surface area contributed by atoms with Crippen molar-refractivity contribution in [1.29, 1.82) is 0 Å². The average molecular weight is 487 g/mol. The Morgan fingerprint density at radius 1 is 0.912 bits per heavy atom. The lowest BCUT2D eigenvalue weighted by Crippen LogP contribution is -2.65. The van der Waals surface area contributed by atoms with Crippen molar-refractivity contribution < 1.29 is 28.1 Å². The minimum Gasteiger partial charge on any atom is -0.406 e. The van der Waals surface area contributed by atoms with Crippen molar-refractivity contribution in [3.63, 3.8) is 0 Å². The van der Waals surface area contributed by atoms with Gasteiger partial charge in [0.2, 0.25) is 0 Å². The lowest BCUT2D eigenvalue weighted by molar-refractivity contribution is -0.361. The van der Waals surface area contributed by atoms with Gasteiger partial charge in [-0.1, -0.05) is 81.4 Å². The highest BCUT2D eigenvalue weighted by atomic mass is 28.4. The van der Waals surface area contributed by atoms with E-state index in [4.69, 9.17) is 28.1 Å². The molecule has 6 nitrogen and oxygen atoms in total. The Kier molecular flexibility index (Phi) is 7.94. The lowest BCUT2D eigenvalue weighted by Gasteiger charge is -2.51. The normalized spacial score (nSPS) is 30.1. The first kappa shape index (κ1) is 25.5. The van der Waals surface area contributed by atoms with Gasteiger partial charge < -0.3 is 28.1 Å². The molecular weight excluding hydrogens is 448 g/mol. The van der Waals surface area contributed by atoms with Gasteiger partial charge in [-0.25, -0.2) is 0 Å². The fraction of sp³-hybridized carbons (Fsp3) is 0.556. The third kappa shape index (κ3) is 5.62. The number of rotatable bonds is 7. The van der Waals surface area contributed by atoms with Gasteiger partial charge in [-0.15, -0.1) is 0 Å². The molecule has 0 spiro atoms. The van der Waals surface area contributed by atoms with E-state index >= 15 is 0 Å². The van der Waals surface area contributed by atoms with Gasteiger partial charge in [-0.3, -0.25) is 0 Å². The van der Waals surface area contributed by atoms with E-state index < -0.39 is 27.0 Å². The van der Waals surface area contributed by atoms with Gasteiger partial charge in [0, 0.05) is 12.7 Å². The smallest absolute Gasteiger partial charge is 0.192 e. The van der Waals surface area contributed by atoms with E-state index in [9.17, 15) is 0 Å². The summed E-state index contributed by atoms with van der Waals surface area (Å²) in [6.07, 6.45) is -2.54. The number of hydrogen-bond acceptors (Lipinski definition) is 6. The van der Waals surface area contributed by atoms with Crippen molar-refractivity contribution >= 4 is 8.32 Å². The summed E-state index contributed by atoms with van der Waals surface area (Å²) in [6, 6.07) is 20.1. The molecule has 0 N–H and O–H groups in total. The van der Waals surface area contributed by atoms with Crippen LogP contribution >= 0.6 is 0 Å². The molecule has 2 heterocycles. The topological polar surface area (TPSA) is 55.4 Å². The summed E-state index contributed by atoms with van der Waals surface area (Å²) in [5, 5.41) is 0.0230. The second-order valence-electron chi connectivity index (χ2n) is 10.6. The number of methoxy groups -OCH3 is 1. The molecule has 0 aliphatic carbocycles. The van der Waals surface area contributed by atoms with Crippen LogP contribution in [0.4, 0.5) is 0 Å². The summed E-state index contributed by atoms with van der Waals surface area (Å²) in [5.41, 5.74) is 2.07. The van der Waals surface area contributed by atoms with E-state index in [1.165, 1.54) is 0 Å². The number of hydrogen-bond donors (Lipinski definition) is 0. The Morgan fingerprint density at radius 3 is 2.18 bits per heavy atom. The van der Waals surface area contributed by atoms with Crippen LogP contribution < -0.4 is 0 Å². The first-order valence-corrected chi connectivity index (χ1v) is 14.9. The van der Waals surface area contributed by atoms with E-state index in [1.807, 2.05) is 48.5 Å². The minimum atomic E-state index is -2.16. The van der Waals surface area contributed by atoms with Crippen molar-refractivity contribution in [3.8, 4) is 0 Å². The van der Waals surface area contributed by atoms with Crippen molar-refractivity contribution in [2.75, 3.05) is 13.7 Å². The average Bonchev–Trinajstić information content (AvgIpc) is 2.83. The molecule has 2 fully saturated rings. The van der Waals surface area contributed by atoms with Crippen LogP contribution in [-0.4, -0.2) is 52.7 Å². The summed E-state index contributed by atoms with van der Waals surface area (Å²) in [6.45, 7) is 12.0. The fourth-order valence-corrected chi connectivity index (χ4v) is 5.39. The molecule has 186 valence electrons. The Hall–Kier alpha value is -1.58. The highest BCUT2D eigenvalue weighted by molar-refractivity contribution is 6.74. The highest BCUT2D eigenvalue weighted by Crippen LogP contribution is 2.42. The van der Waals surface area contributed by atoms with E-state index in [0.717, 1.165) is 11.1 Å². The summed E-state index contributed by atoms with van der Waals surface area (Å²) >= 11 is 0. The SMILES string of the molecule is CO[C@@H]1O[C@@H]2COC(c3ccccc3)O[C@H]2[C@H](OCc2ccccc2)[C@@H]1O[Si](C)(C)C(C)(C)C. The molecule has 6 atom stereocenters. The zero-order valence-electron chi connectivity index (χ0n) is 21.1. The molecule has 4 rings (SSSR count). The summed E-state index contributed by atoms with van der Waals surface area (Å²) < 4.78 is 38.1. The molecule has 0 radical (unpaired) electrons. The molecule has 2 saturated heterocycles. The highest BCUT2D eigenvalue weighted by Gasteiger charge is 2.54. The molecular formula is C27H38O6Si. The zero-order chi connectivity index (χ0) is 24.3. The third-order valence-electron chi connectivity index (χ3n) is 7.11. The van der Waals surface area contributed by atoms with Crippen LogP contribution in [0.5, 0.6) is 0 Å². The molecule has 0 bridgehead atoms. The van der Waals surface area contributed by atoms with Crippen molar-refractivity contribution in [1.82, 2.24) is 0 Å². The lowest BCUT2D eigenvalue weighted by atomic mass is 9.97. The number of fused-ring (bicyclic) bond motifs is 1. The Labute approximate surface area is 204 Å². The van der Waals surface area contributed by atoms with Gasteiger partial charge in [-0.2, -0.15) is 0 Å². The number of benzene rings is 2. The van der Waals surface area contributed by atoms with Gasteiger partial charge >= 0.3 is 0 Å². The second-order valence-corrected chi connectivity index (χ2v) is 15.3. The maximum atomic E-state index is 6.88. The van der Waals surface area contributed by atoms with Crippen LogP contribution in [-0.2, 0) is 34.7 Å². The van der Waals surface area contributed by atoms with E-state index in [0.29, 0.717) is 13.2 Å². The quantitative estimate of drug-likeness (QED) is 0.485. The Balaban J connectivity index is 1.63. The van der Waals surface area contributed by atoms with Crippen LogP contribution in [0.2, 0.25) is 18.1 Å². The van der Waals surface area contributed by atoms with Crippen LogP contribution in [0.3, 0.4) is 0 Å². The zero-order valence-corrected chi connectivity index (χ0v) is 22.1. The first-order valence-electron chi connectivity index (χ1n) is 12.0.